The van der Waals surface area contributed by atoms with Crippen molar-refractivity contribution in [1.82, 2.24) is 14.5 Å². The third-order valence-corrected chi connectivity index (χ3v) is 12.3. The van der Waals surface area contributed by atoms with Crippen LogP contribution in [0.3, 0.4) is 0 Å². The van der Waals surface area contributed by atoms with Crippen molar-refractivity contribution in [2.24, 2.45) is 0 Å². The second kappa shape index (κ2) is 12.7. The summed E-state index contributed by atoms with van der Waals surface area (Å²) in [5, 5.41) is 13.8. The van der Waals surface area contributed by atoms with E-state index in [4.69, 9.17) is 14.4 Å². The summed E-state index contributed by atoms with van der Waals surface area (Å²) in [7, 11) is 0. The molecule has 0 fully saturated rings. The lowest BCUT2D eigenvalue weighted by Crippen LogP contribution is -2.35. The van der Waals surface area contributed by atoms with E-state index in [9.17, 15) is 0 Å². The number of benzene rings is 10. The molecule has 0 spiro atoms. The van der Waals surface area contributed by atoms with Gasteiger partial charge in [0.15, 0.2) is 5.58 Å². The molecule has 60 heavy (non-hydrogen) atoms. The average Bonchev–Trinajstić information content (AvgIpc) is 3.85. The van der Waals surface area contributed by atoms with Crippen LogP contribution in [0.1, 0.15) is 0 Å². The normalized spacial score (nSPS) is 12.0. The number of furan rings is 1. The Morgan fingerprint density at radius 1 is 0.433 bits per heavy atom. The highest BCUT2D eigenvalue weighted by molar-refractivity contribution is 6.16. The zero-order valence-electron chi connectivity index (χ0n) is 32.2. The van der Waals surface area contributed by atoms with Gasteiger partial charge >= 0.3 is 5.82 Å². The van der Waals surface area contributed by atoms with Crippen LogP contribution in [-0.4, -0.2) is 14.5 Å². The van der Waals surface area contributed by atoms with E-state index in [1.54, 1.807) is 0 Å². The fourth-order valence-electron chi connectivity index (χ4n) is 9.45. The molecule has 5 heteroatoms. The summed E-state index contributed by atoms with van der Waals surface area (Å²) in [5.41, 5.74) is 7.74. The van der Waals surface area contributed by atoms with Gasteiger partial charge in [0.2, 0.25) is 6.33 Å². The number of hydrogen-bond acceptors (Lipinski definition) is 3. The highest BCUT2D eigenvalue weighted by Crippen LogP contribution is 2.41. The highest BCUT2D eigenvalue weighted by atomic mass is 16.3. The minimum Gasteiger partial charge on any atom is -0.454 e. The molecule has 13 rings (SSSR count). The molecule has 0 aliphatic carbocycles. The van der Waals surface area contributed by atoms with Crippen molar-refractivity contribution < 1.29 is 8.98 Å². The van der Waals surface area contributed by atoms with Crippen LogP contribution in [0.15, 0.2) is 205 Å². The van der Waals surface area contributed by atoms with Gasteiger partial charge in [-0.1, -0.05) is 149 Å². The summed E-state index contributed by atoms with van der Waals surface area (Å²) in [6, 6.07) is 69.1. The van der Waals surface area contributed by atoms with Crippen LogP contribution >= 0.6 is 0 Å². The summed E-state index contributed by atoms with van der Waals surface area (Å²) in [4.78, 5) is 10.7. The number of hydrogen-bond donors (Lipinski definition) is 0. The Morgan fingerprint density at radius 2 is 1.08 bits per heavy atom. The van der Waals surface area contributed by atoms with E-state index < -0.39 is 0 Å². The molecule has 0 unspecified atom stereocenters. The first-order chi connectivity index (χ1) is 29.7. The Labute approximate surface area is 343 Å². The number of fused-ring (bicyclic) bond motifs is 11. The van der Waals surface area contributed by atoms with Crippen LogP contribution in [0.2, 0.25) is 0 Å². The van der Waals surface area contributed by atoms with E-state index in [0.29, 0.717) is 5.82 Å². The van der Waals surface area contributed by atoms with Gasteiger partial charge in [-0.25, -0.2) is 0 Å². The van der Waals surface area contributed by atoms with E-state index in [-0.39, 0.29) is 0 Å². The molecule has 13 aromatic rings. The van der Waals surface area contributed by atoms with Crippen LogP contribution in [0.5, 0.6) is 0 Å². The summed E-state index contributed by atoms with van der Waals surface area (Å²) < 4.78 is 11.4. The molecule has 0 atom stereocenters. The van der Waals surface area contributed by atoms with Crippen LogP contribution < -0.4 is 4.57 Å². The lowest BCUT2D eigenvalue weighted by atomic mass is 9.97. The minimum absolute atomic E-state index is 0.667. The molecule has 3 aromatic heterocycles. The van der Waals surface area contributed by atoms with Gasteiger partial charge in [0, 0.05) is 27.6 Å². The second-order valence-corrected chi connectivity index (χ2v) is 15.6. The van der Waals surface area contributed by atoms with Gasteiger partial charge in [-0.3, -0.25) is 0 Å². The SMILES string of the molecule is c1ccc2cc(-c3nc(-c4cc5ccccc5c5ccccc45)nc[n+]3-c3cc(-n4c5ccccc5c5cc6ccccc6cc54)c4oc5ccccc5c4c3)ccc2c1. The van der Waals surface area contributed by atoms with Crippen molar-refractivity contribution in [3.8, 4) is 34.2 Å². The Hall–Kier alpha value is -8.15. The maximum Gasteiger partial charge on any atom is 0.308 e. The van der Waals surface area contributed by atoms with Crippen molar-refractivity contribution in [1.29, 1.82) is 0 Å². The van der Waals surface area contributed by atoms with E-state index in [1.165, 1.54) is 37.7 Å². The van der Waals surface area contributed by atoms with E-state index in [0.717, 1.165) is 77.5 Å². The fraction of sp³-hybridized carbons (Fsp3) is 0. The quantitative estimate of drug-likeness (QED) is 0.132. The van der Waals surface area contributed by atoms with Crippen LogP contribution in [-0.2, 0) is 0 Å². The Balaban J connectivity index is 1.13. The molecular weight excluding hydrogens is 733 g/mol. The maximum atomic E-state index is 6.84. The first-order valence-electron chi connectivity index (χ1n) is 20.3. The number of rotatable bonds is 4. The molecule has 0 amide bonds. The van der Waals surface area contributed by atoms with E-state index in [2.05, 4.69) is 197 Å². The molecule has 278 valence electrons. The lowest BCUT2D eigenvalue weighted by molar-refractivity contribution is -0.590. The van der Waals surface area contributed by atoms with Crippen molar-refractivity contribution >= 4 is 86.8 Å². The minimum atomic E-state index is 0.667. The third-order valence-electron chi connectivity index (χ3n) is 12.3. The molecule has 0 N–H and O–H groups in total. The van der Waals surface area contributed by atoms with Crippen molar-refractivity contribution in [3.05, 3.63) is 200 Å². The number of aromatic nitrogens is 4. The lowest BCUT2D eigenvalue weighted by Gasteiger charge is -2.13. The largest absolute Gasteiger partial charge is 0.454 e. The van der Waals surface area contributed by atoms with Gasteiger partial charge in [0.1, 0.15) is 11.3 Å². The van der Waals surface area contributed by atoms with E-state index >= 15 is 0 Å². The predicted molar refractivity (Wildman–Crippen MR) is 246 cm³/mol. The maximum absolute atomic E-state index is 6.84. The first kappa shape index (κ1) is 32.9. The molecule has 3 heterocycles. The zero-order valence-corrected chi connectivity index (χ0v) is 32.2. The monoisotopic (exact) mass is 765 g/mol. The van der Waals surface area contributed by atoms with Crippen molar-refractivity contribution in [2.45, 2.75) is 0 Å². The van der Waals surface area contributed by atoms with Crippen LogP contribution in [0, 0.1) is 0 Å². The highest BCUT2D eigenvalue weighted by Gasteiger charge is 2.26. The van der Waals surface area contributed by atoms with Crippen LogP contribution in [0.4, 0.5) is 0 Å². The standard InChI is InChI=1S/C55H33N4O/c1-2-14-35-27-39(26-25-34(35)13-1)55-57-54(48-29-38-17-5-6-18-41(38)42-19-7-8-20-43(42)48)56-33-58(55)40-31-47-45-22-10-12-24-52(45)60-53(47)51(32-40)59-49-23-11-9-21-44(49)46-28-36-15-3-4-16-37(36)30-50(46)59/h1-33H/q+1. The van der Waals surface area contributed by atoms with E-state index in [1.807, 2.05) is 12.4 Å². The fourth-order valence-corrected chi connectivity index (χ4v) is 9.45. The van der Waals surface area contributed by atoms with Gasteiger partial charge in [0.25, 0.3) is 5.82 Å². The summed E-state index contributed by atoms with van der Waals surface area (Å²) in [6.45, 7) is 0. The van der Waals surface area contributed by atoms with Gasteiger partial charge in [-0.15, -0.1) is 0 Å². The predicted octanol–water partition coefficient (Wildman–Crippen LogP) is 13.7. The van der Waals surface area contributed by atoms with Crippen LogP contribution in [0.25, 0.3) is 121 Å². The molecule has 0 saturated heterocycles. The molecular formula is C55H33N4O+. The first-order valence-corrected chi connectivity index (χ1v) is 20.3. The smallest absolute Gasteiger partial charge is 0.308 e. The Bertz CT molecular complexity index is 3910. The molecule has 10 aromatic carbocycles. The van der Waals surface area contributed by atoms with Crippen molar-refractivity contribution in [2.75, 3.05) is 0 Å². The molecule has 0 saturated carbocycles. The average molecular weight is 766 g/mol. The topological polar surface area (TPSA) is 47.7 Å². The second-order valence-electron chi connectivity index (χ2n) is 15.6. The number of para-hydroxylation sites is 2. The third kappa shape index (κ3) is 4.90. The molecule has 5 nitrogen and oxygen atoms in total. The summed E-state index contributed by atoms with van der Waals surface area (Å²) >= 11 is 0. The molecule has 0 aliphatic heterocycles. The van der Waals surface area contributed by atoms with Gasteiger partial charge < -0.3 is 8.98 Å². The Kier molecular flexibility index (Phi) is 6.95. The molecule has 0 aliphatic rings. The summed E-state index contributed by atoms with van der Waals surface area (Å²) in [5.74, 6) is 1.45. The molecule has 0 radical (unpaired) electrons. The van der Waals surface area contributed by atoms with Crippen molar-refractivity contribution in [3.63, 3.8) is 0 Å². The summed E-state index contributed by atoms with van der Waals surface area (Å²) in [6.07, 6.45) is 1.95. The number of nitrogens with zero attached hydrogens (tertiary/aromatic N) is 4. The van der Waals surface area contributed by atoms with Gasteiger partial charge in [0.05, 0.1) is 27.8 Å². The Morgan fingerprint density at radius 3 is 1.92 bits per heavy atom. The zero-order chi connectivity index (χ0) is 39.3. The molecule has 0 bridgehead atoms. The van der Waals surface area contributed by atoms with Gasteiger partial charge in [-0.05, 0) is 91.6 Å². The van der Waals surface area contributed by atoms with Gasteiger partial charge in [-0.2, -0.15) is 4.57 Å².